The molecule has 0 atom stereocenters. The summed E-state index contributed by atoms with van der Waals surface area (Å²) in [5, 5.41) is 0. The number of carbonyl (C=O) groups excluding carboxylic acids is 1. The van der Waals surface area contributed by atoms with E-state index in [9.17, 15) is 4.79 Å². The Morgan fingerprint density at radius 3 is 2.06 bits per heavy atom. The van der Waals surface area contributed by atoms with Crippen LogP contribution in [0.2, 0.25) is 0 Å². The van der Waals surface area contributed by atoms with E-state index in [1.807, 2.05) is 30.3 Å². The number of ether oxygens (including phenoxy) is 1. The lowest BCUT2D eigenvalue weighted by Crippen LogP contribution is -2.48. The van der Waals surface area contributed by atoms with Gasteiger partial charge in [0.2, 0.25) is 0 Å². The fraction of sp³-hybridized carbons (Fsp3) is 0.344. The molecule has 34 heavy (non-hydrogen) atoms. The Balaban J connectivity index is 1.25. The monoisotopic (exact) mass is 448 g/mol. The van der Waals surface area contributed by atoms with E-state index in [4.69, 9.17) is 4.74 Å². The molecule has 0 spiro atoms. The highest BCUT2D eigenvalue weighted by Crippen LogP contribution is 2.60. The maximum atomic E-state index is 13.3. The summed E-state index contributed by atoms with van der Waals surface area (Å²) in [6, 6.07) is 25.1. The van der Waals surface area contributed by atoms with Crippen LogP contribution in [0, 0.1) is 17.8 Å². The Kier molecular flexibility index (Phi) is 5.40. The molecule has 172 valence electrons. The Morgan fingerprint density at radius 2 is 1.44 bits per heavy atom. The molecule has 7 rings (SSSR count). The third-order valence-corrected chi connectivity index (χ3v) is 8.56. The first-order chi connectivity index (χ1) is 16.6. The van der Waals surface area contributed by atoms with Gasteiger partial charge in [0.15, 0.2) is 5.78 Å². The maximum absolute atomic E-state index is 13.3. The summed E-state index contributed by atoms with van der Waals surface area (Å²) in [5.74, 6) is 3.32. The van der Waals surface area contributed by atoms with Gasteiger partial charge in [-0.15, -0.1) is 0 Å². The smallest absolute Gasteiger partial charge is 0.189 e. The van der Waals surface area contributed by atoms with Crippen molar-refractivity contribution in [3.05, 3.63) is 95.6 Å². The number of ketones is 1. The zero-order valence-corrected chi connectivity index (χ0v) is 19.9. The third-order valence-electron chi connectivity index (χ3n) is 8.56. The van der Waals surface area contributed by atoms with Gasteiger partial charge in [0.1, 0.15) is 5.75 Å². The second-order valence-corrected chi connectivity index (χ2v) is 10.8. The predicted octanol–water partition coefficient (Wildman–Crippen LogP) is 7.73. The summed E-state index contributed by atoms with van der Waals surface area (Å²) in [5.41, 5.74) is 5.70. The zero-order chi connectivity index (χ0) is 23.1. The van der Waals surface area contributed by atoms with Crippen molar-refractivity contribution in [3.63, 3.8) is 0 Å². The molecule has 4 saturated carbocycles. The summed E-state index contributed by atoms with van der Waals surface area (Å²) in [4.78, 5) is 13.3. The number of allylic oxidation sites excluding steroid dienone is 1. The van der Waals surface area contributed by atoms with Gasteiger partial charge in [-0.1, -0.05) is 66.7 Å². The molecule has 0 amide bonds. The molecule has 4 aliphatic rings. The van der Waals surface area contributed by atoms with E-state index in [1.54, 1.807) is 13.2 Å². The summed E-state index contributed by atoms with van der Waals surface area (Å²) in [7, 11) is 1.66. The topological polar surface area (TPSA) is 26.3 Å². The summed E-state index contributed by atoms with van der Waals surface area (Å²) in [6.07, 6.45) is 11.8. The van der Waals surface area contributed by atoms with E-state index in [2.05, 4.69) is 48.5 Å². The molecule has 0 unspecified atom stereocenters. The zero-order valence-electron chi connectivity index (χ0n) is 19.9. The van der Waals surface area contributed by atoms with Crippen LogP contribution in [-0.2, 0) is 5.41 Å². The van der Waals surface area contributed by atoms with Gasteiger partial charge in [0.05, 0.1) is 12.7 Å². The molecule has 3 aromatic carbocycles. The minimum absolute atomic E-state index is 0.00978. The van der Waals surface area contributed by atoms with E-state index in [0.29, 0.717) is 11.3 Å². The lowest BCUT2D eigenvalue weighted by molar-refractivity contribution is -0.00521. The van der Waals surface area contributed by atoms with Crippen LogP contribution >= 0.6 is 0 Å². The predicted molar refractivity (Wildman–Crippen MR) is 138 cm³/mol. The summed E-state index contributed by atoms with van der Waals surface area (Å²) < 4.78 is 5.60. The quantitative estimate of drug-likeness (QED) is 0.285. The van der Waals surface area contributed by atoms with Crippen LogP contribution in [0.3, 0.4) is 0 Å². The third kappa shape index (κ3) is 3.90. The van der Waals surface area contributed by atoms with Gasteiger partial charge >= 0.3 is 0 Å². The molecule has 0 N–H and O–H groups in total. The minimum atomic E-state index is 0.00978. The van der Waals surface area contributed by atoms with Crippen LogP contribution < -0.4 is 4.74 Å². The van der Waals surface area contributed by atoms with Crippen molar-refractivity contribution < 1.29 is 9.53 Å². The Labute approximate surface area is 202 Å². The molecule has 0 saturated heterocycles. The van der Waals surface area contributed by atoms with Crippen LogP contribution in [0.15, 0.2) is 78.9 Å². The molecule has 2 nitrogen and oxygen atoms in total. The fourth-order valence-corrected chi connectivity index (χ4v) is 7.37. The van der Waals surface area contributed by atoms with Crippen LogP contribution in [0.1, 0.15) is 60.0 Å². The summed E-state index contributed by atoms with van der Waals surface area (Å²) in [6.45, 7) is 0. The average Bonchev–Trinajstić information content (AvgIpc) is 2.87. The van der Waals surface area contributed by atoms with Crippen LogP contribution in [0.4, 0.5) is 0 Å². The first-order valence-corrected chi connectivity index (χ1v) is 12.7. The van der Waals surface area contributed by atoms with E-state index in [-0.39, 0.29) is 11.2 Å². The first kappa shape index (κ1) is 21.4. The van der Waals surface area contributed by atoms with Crippen molar-refractivity contribution in [3.8, 4) is 16.9 Å². The van der Waals surface area contributed by atoms with Gasteiger partial charge in [-0.25, -0.2) is 0 Å². The molecule has 2 heteroatoms. The van der Waals surface area contributed by atoms with Gasteiger partial charge in [-0.3, -0.25) is 4.79 Å². The van der Waals surface area contributed by atoms with Gasteiger partial charge in [-0.05, 0) is 102 Å². The van der Waals surface area contributed by atoms with Crippen molar-refractivity contribution in [1.82, 2.24) is 0 Å². The SMILES string of the molecule is COc1ccc(C23CC4CC(CC(C4)C2)C3)cc1C(=O)/C=C/c1ccc(-c2ccccc2)cc1. The second kappa shape index (κ2) is 8.58. The van der Waals surface area contributed by atoms with Gasteiger partial charge < -0.3 is 4.74 Å². The molecule has 4 aliphatic carbocycles. The Hall–Kier alpha value is -3.13. The highest BCUT2D eigenvalue weighted by Gasteiger charge is 2.51. The second-order valence-electron chi connectivity index (χ2n) is 10.8. The molecule has 0 heterocycles. The van der Waals surface area contributed by atoms with Crippen molar-refractivity contribution in [2.24, 2.45) is 17.8 Å². The number of hydrogen-bond acceptors (Lipinski definition) is 2. The Bertz CT molecular complexity index is 1180. The first-order valence-electron chi connectivity index (χ1n) is 12.7. The normalized spacial score (nSPS) is 27.3. The van der Waals surface area contributed by atoms with Crippen LogP contribution in [0.5, 0.6) is 5.75 Å². The van der Waals surface area contributed by atoms with Gasteiger partial charge in [0.25, 0.3) is 0 Å². The fourth-order valence-electron chi connectivity index (χ4n) is 7.37. The van der Waals surface area contributed by atoms with Crippen LogP contribution in [-0.4, -0.2) is 12.9 Å². The van der Waals surface area contributed by atoms with Crippen molar-refractivity contribution in [2.45, 2.75) is 43.9 Å². The van der Waals surface area contributed by atoms with E-state index < -0.39 is 0 Å². The molecule has 4 fully saturated rings. The molecule has 4 bridgehead atoms. The van der Waals surface area contributed by atoms with Gasteiger partial charge in [-0.2, -0.15) is 0 Å². The molecule has 3 aromatic rings. The van der Waals surface area contributed by atoms with Crippen LogP contribution in [0.25, 0.3) is 17.2 Å². The molecule has 0 aliphatic heterocycles. The highest BCUT2D eigenvalue weighted by atomic mass is 16.5. The van der Waals surface area contributed by atoms with E-state index in [1.165, 1.54) is 55.2 Å². The van der Waals surface area contributed by atoms with Crippen molar-refractivity contribution in [2.75, 3.05) is 7.11 Å². The van der Waals surface area contributed by atoms with Crippen molar-refractivity contribution in [1.29, 1.82) is 0 Å². The number of carbonyl (C=O) groups is 1. The number of benzene rings is 3. The van der Waals surface area contributed by atoms with Gasteiger partial charge in [0, 0.05) is 0 Å². The van der Waals surface area contributed by atoms with E-state index in [0.717, 1.165) is 23.3 Å². The lowest BCUT2D eigenvalue weighted by atomic mass is 9.48. The lowest BCUT2D eigenvalue weighted by Gasteiger charge is -2.57. The largest absolute Gasteiger partial charge is 0.496 e. The molecule has 0 radical (unpaired) electrons. The highest BCUT2D eigenvalue weighted by molar-refractivity contribution is 6.08. The minimum Gasteiger partial charge on any atom is -0.496 e. The van der Waals surface area contributed by atoms with E-state index >= 15 is 0 Å². The molecular formula is C32H32O2. The Morgan fingerprint density at radius 1 is 0.824 bits per heavy atom. The molecule has 0 aromatic heterocycles. The maximum Gasteiger partial charge on any atom is 0.189 e. The summed E-state index contributed by atoms with van der Waals surface area (Å²) >= 11 is 0. The molecular weight excluding hydrogens is 416 g/mol. The average molecular weight is 449 g/mol. The van der Waals surface area contributed by atoms with Crippen molar-refractivity contribution >= 4 is 11.9 Å². The number of rotatable bonds is 6. The number of hydrogen-bond donors (Lipinski definition) is 0. The standard InChI is InChI=1S/C32H32O2/c1-34-31-14-12-28(32-19-23-15-24(20-32)17-25(16-23)21-32)18-29(31)30(33)13-9-22-7-10-27(11-8-22)26-5-3-2-4-6-26/h2-14,18,23-25H,15-17,19-21H2,1H3/b13-9+. The number of methoxy groups -OCH3 is 1.